The van der Waals surface area contributed by atoms with Gasteiger partial charge in [-0.3, -0.25) is 4.79 Å². The third-order valence-electron chi connectivity index (χ3n) is 4.67. The summed E-state index contributed by atoms with van der Waals surface area (Å²) in [6, 6.07) is 8.23. The van der Waals surface area contributed by atoms with E-state index < -0.39 is 0 Å². The fourth-order valence-corrected chi connectivity index (χ4v) is 4.09. The minimum Gasteiger partial charge on any atom is -0.504 e. The molecular formula is C23H35NO2S. The predicted octanol–water partition coefficient (Wildman–Crippen LogP) is 6.26. The van der Waals surface area contributed by atoms with Gasteiger partial charge in [0.1, 0.15) is 0 Å². The number of hydrogen-bond donors (Lipinski definition) is 0. The first-order valence-electron chi connectivity index (χ1n) is 9.84. The first-order chi connectivity index (χ1) is 13.1. The molecule has 0 spiro atoms. The van der Waals surface area contributed by atoms with Gasteiger partial charge < -0.3 is 9.64 Å². The highest BCUT2D eigenvalue weighted by atomic mass is 32.2. The largest absolute Gasteiger partial charge is 0.504 e. The monoisotopic (exact) mass is 389 g/mol. The van der Waals surface area contributed by atoms with Gasteiger partial charge in [-0.2, -0.15) is 0 Å². The summed E-state index contributed by atoms with van der Waals surface area (Å²) < 4.78 is 5.00. The molecule has 0 aliphatic heterocycles. The van der Waals surface area contributed by atoms with Crippen molar-refractivity contribution >= 4 is 24.2 Å². The van der Waals surface area contributed by atoms with Gasteiger partial charge in [-0.25, -0.2) is 0 Å². The zero-order valence-corrected chi connectivity index (χ0v) is 18.3. The van der Waals surface area contributed by atoms with E-state index in [0.717, 1.165) is 29.7 Å². The molecule has 0 N–H and O–H groups in total. The standard InChI is InChI=1S/C23H35NO2S/c1-6-8-9-11-19(3)20(4)23(27-7-2)24(18-25)17-22-13-10-12-21(16-22)14-15-26-5/h10,12-16,18,23H,6-9,11,17H2,1-5H3/b15-14-,20-19+. The Labute approximate surface area is 169 Å². The second kappa shape index (κ2) is 13.5. The van der Waals surface area contributed by atoms with E-state index in [9.17, 15) is 4.79 Å². The second-order valence-corrected chi connectivity index (χ2v) is 8.15. The maximum Gasteiger partial charge on any atom is 0.211 e. The minimum absolute atomic E-state index is 0.0901. The van der Waals surface area contributed by atoms with Crippen molar-refractivity contribution in [3.05, 3.63) is 52.8 Å². The van der Waals surface area contributed by atoms with Gasteiger partial charge in [-0.15, -0.1) is 11.8 Å². The quantitative estimate of drug-likeness (QED) is 0.131. The molecule has 1 atom stereocenters. The summed E-state index contributed by atoms with van der Waals surface area (Å²) in [6.45, 7) is 9.38. The van der Waals surface area contributed by atoms with Crippen molar-refractivity contribution in [2.45, 2.75) is 65.3 Å². The van der Waals surface area contributed by atoms with Crippen LogP contribution in [0.25, 0.3) is 6.08 Å². The number of carbonyl (C=O) groups excluding carboxylic acids is 1. The van der Waals surface area contributed by atoms with Gasteiger partial charge in [0.15, 0.2) is 0 Å². The summed E-state index contributed by atoms with van der Waals surface area (Å²) in [5.41, 5.74) is 4.93. The molecule has 4 heteroatoms. The predicted molar refractivity (Wildman–Crippen MR) is 119 cm³/mol. The van der Waals surface area contributed by atoms with Crippen LogP contribution in [0, 0.1) is 0 Å². The average Bonchev–Trinajstić information content (AvgIpc) is 2.68. The minimum atomic E-state index is 0.0901. The van der Waals surface area contributed by atoms with E-state index in [0.29, 0.717) is 6.54 Å². The Hall–Kier alpha value is -1.68. The molecule has 1 rings (SSSR count). The van der Waals surface area contributed by atoms with Crippen LogP contribution in [0.1, 0.15) is 64.5 Å². The zero-order valence-electron chi connectivity index (χ0n) is 17.5. The number of hydrogen-bond acceptors (Lipinski definition) is 3. The Morgan fingerprint density at radius 2 is 2.04 bits per heavy atom. The normalized spacial score (nSPS) is 13.4. The van der Waals surface area contributed by atoms with Crippen molar-refractivity contribution in [2.75, 3.05) is 12.9 Å². The van der Waals surface area contributed by atoms with E-state index in [-0.39, 0.29) is 5.37 Å². The van der Waals surface area contributed by atoms with Crippen molar-refractivity contribution in [1.82, 2.24) is 4.90 Å². The van der Waals surface area contributed by atoms with Gasteiger partial charge in [0, 0.05) is 6.54 Å². The highest BCUT2D eigenvalue weighted by molar-refractivity contribution is 8.00. The fourth-order valence-electron chi connectivity index (χ4n) is 3.00. The third-order valence-corrected chi connectivity index (χ3v) is 5.95. The van der Waals surface area contributed by atoms with Gasteiger partial charge >= 0.3 is 0 Å². The Balaban J connectivity index is 2.98. The number of amides is 1. The van der Waals surface area contributed by atoms with Crippen molar-refractivity contribution in [3.8, 4) is 0 Å². The smallest absolute Gasteiger partial charge is 0.211 e. The Morgan fingerprint density at radius 3 is 2.67 bits per heavy atom. The van der Waals surface area contributed by atoms with Crippen LogP contribution in [0.15, 0.2) is 41.7 Å². The van der Waals surface area contributed by atoms with E-state index >= 15 is 0 Å². The second-order valence-electron chi connectivity index (χ2n) is 6.79. The number of unbranched alkanes of at least 4 members (excludes halogenated alkanes) is 2. The molecule has 0 aromatic heterocycles. The first kappa shape index (κ1) is 23.4. The molecule has 0 saturated heterocycles. The molecular weight excluding hydrogens is 354 g/mol. The Bertz CT molecular complexity index is 625. The summed E-state index contributed by atoms with van der Waals surface area (Å²) in [5.74, 6) is 0.977. The lowest BCUT2D eigenvalue weighted by molar-refractivity contribution is -0.118. The van der Waals surface area contributed by atoms with Crippen molar-refractivity contribution in [3.63, 3.8) is 0 Å². The van der Waals surface area contributed by atoms with Crippen molar-refractivity contribution in [1.29, 1.82) is 0 Å². The Morgan fingerprint density at radius 1 is 1.26 bits per heavy atom. The molecule has 0 heterocycles. The van der Waals surface area contributed by atoms with Crippen LogP contribution in [-0.4, -0.2) is 29.5 Å². The van der Waals surface area contributed by atoms with Gasteiger partial charge in [0.05, 0.1) is 18.7 Å². The van der Waals surface area contributed by atoms with Crippen molar-refractivity contribution < 1.29 is 9.53 Å². The number of thioether (sulfide) groups is 1. The lowest BCUT2D eigenvalue weighted by Gasteiger charge is -2.30. The van der Waals surface area contributed by atoms with Gasteiger partial charge in [-0.05, 0) is 61.3 Å². The number of benzene rings is 1. The highest BCUT2D eigenvalue weighted by Gasteiger charge is 2.20. The highest BCUT2D eigenvalue weighted by Crippen LogP contribution is 2.28. The number of ether oxygens (including phenoxy) is 1. The number of carbonyl (C=O) groups is 1. The van der Waals surface area contributed by atoms with Crippen LogP contribution in [-0.2, 0) is 16.1 Å². The fraction of sp³-hybridized carbons (Fsp3) is 0.522. The summed E-state index contributed by atoms with van der Waals surface area (Å²) in [7, 11) is 1.64. The molecule has 1 aromatic carbocycles. The molecule has 0 radical (unpaired) electrons. The van der Waals surface area contributed by atoms with Gasteiger partial charge in [-0.1, -0.05) is 50.5 Å². The van der Waals surface area contributed by atoms with E-state index in [4.69, 9.17) is 4.74 Å². The molecule has 0 aliphatic rings. The SMILES string of the molecule is CCCCC/C(C)=C(\C)C(SCC)N(C=O)Cc1cccc(/C=C\OC)c1. The van der Waals surface area contributed by atoms with E-state index in [1.807, 2.05) is 34.9 Å². The zero-order chi connectivity index (χ0) is 20.1. The summed E-state index contributed by atoms with van der Waals surface area (Å²) in [5, 5.41) is 0.0901. The molecule has 0 aliphatic carbocycles. The van der Waals surface area contributed by atoms with E-state index in [1.54, 1.807) is 13.4 Å². The maximum absolute atomic E-state index is 11.9. The molecule has 3 nitrogen and oxygen atoms in total. The van der Waals surface area contributed by atoms with Crippen LogP contribution >= 0.6 is 11.8 Å². The number of rotatable bonds is 13. The topological polar surface area (TPSA) is 29.5 Å². The summed E-state index contributed by atoms with van der Waals surface area (Å²) in [4.78, 5) is 13.8. The molecule has 0 saturated carbocycles. The van der Waals surface area contributed by atoms with Crippen LogP contribution < -0.4 is 0 Å². The van der Waals surface area contributed by atoms with Crippen molar-refractivity contribution in [2.24, 2.45) is 0 Å². The first-order valence-corrected chi connectivity index (χ1v) is 10.9. The molecule has 1 unspecified atom stereocenters. The number of nitrogens with zero attached hydrogens (tertiary/aromatic N) is 1. The average molecular weight is 390 g/mol. The van der Waals surface area contributed by atoms with Crippen LogP contribution in [0.5, 0.6) is 0 Å². The van der Waals surface area contributed by atoms with Crippen LogP contribution in [0.4, 0.5) is 0 Å². The van der Waals surface area contributed by atoms with Crippen LogP contribution in [0.2, 0.25) is 0 Å². The molecule has 27 heavy (non-hydrogen) atoms. The molecule has 1 aromatic rings. The number of allylic oxidation sites excluding steroid dienone is 1. The molecule has 0 bridgehead atoms. The molecule has 1 amide bonds. The number of methoxy groups -OCH3 is 1. The Kier molecular flexibility index (Phi) is 11.7. The third kappa shape index (κ3) is 8.25. The van der Waals surface area contributed by atoms with Gasteiger partial charge in [0.25, 0.3) is 0 Å². The lowest BCUT2D eigenvalue weighted by Crippen LogP contribution is -2.33. The van der Waals surface area contributed by atoms with Gasteiger partial charge in [0.2, 0.25) is 6.41 Å². The summed E-state index contributed by atoms with van der Waals surface area (Å²) in [6.07, 6.45) is 9.41. The lowest BCUT2D eigenvalue weighted by atomic mass is 10.0. The summed E-state index contributed by atoms with van der Waals surface area (Å²) >= 11 is 1.82. The van der Waals surface area contributed by atoms with E-state index in [2.05, 4.69) is 39.8 Å². The van der Waals surface area contributed by atoms with E-state index in [1.165, 1.54) is 30.4 Å². The van der Waals surface area contributed by atoms with Crippen LogP contribution in [0.3, 0.4) is 0 Å². The maximum atomic E-state index is 11.9. The molecule has 150 valence electrons. The molecule has 0 fully saturated rings.